The lowest BCUT2D eigenvalue weighted by atomic mass is 10.4. The third-order valence-corrected chi connectivity index (χ3v) is 5.91. The van der Waals surface area contributed by atoms with Gasteiger partial charge in [0.05, 0.1) is 0 Å². The SMILES string of the molecule is CCCCP(=O)(CC)c1ccccc1. The zero-order valence-electron chi connectivity index (χ0n) is 9.07. The molecule has 1 unspecified atom stereocenters. The molecule has 0 bridgehead atoms. The Kier molecular flexibility index (Phi) is 4.41. The van der Waals surface area contributed by atoms with Crippen molar-refractivity contribution in [1.82, 2.24) is 0 Å². The normalized spacial score (nSPS) is 15.0. The molecule has 0 amide bonds. The van der Waals surface area contributed by atoms with Gasteiger partial charge in [0.25, 0.3) is 0 Å². The third kappa shape index (κ3) is 2.72. The van der Waals surface area contributed by atoms with Crippen LogP contribution in [0, 0.1) is 0 Å². The highest BCUT2D eigenvalue weighted by Crippen LogP contribution is 2.44. The number of unbranched alkanes of at least 4 members (excludes halogenated alkanes) is 1. The maximum Gasteiger partial charge on any atom is 0.115 e. The molecule has 1 aromatic rings. The van der Waals surface area contributed by atoms with Crippen LogP contribution in [0.5, 0.6) is 0 Å². The second-order valence-electron chi connectivity index (χ2n) is 3.62. The minimum atomic E-state index is -2.07. The Morgan fingerprint density at radius 2 is 1.79 bits per heavy atom. The van der Waals surface area contributed by atoms with E-state index in [1.54, 1.807) is 0 Å². The molecule has 0 fully saturated rings. The summed E-state index contributed by atoms with van der Waals surface area (Å²) in [5, 5.41) is 1.05. The molecule has 1 nitrogen and oxygen atoms in total. The summed E-state index contributed by atoms with van der Waals surface area (Å²) >= 11 is 0. The Bertz CT molecular complexity index is 305. The number of benzene rings is 1. The molecule has 0 aliphatic rings. The minimum Gasteiger partial charge on any atom is -0.319 e. The first-order valence-corrected chi connectivity index (χ1v) is 7.44. The van der Waals surface area contributed by atoms with E-state index < -0.39 is 7.14 Å². The maximum absolute atomic E-state index is 12.5. The summed E-state index contributed by atoms with van der Waals surface area (Å²) < 4.78 is 12.5. The Labute approximate surface area is 86.9 Å². The molecule has 14 heavy (non-hydrogen) atoms. The van der Waals surface area contributed by atoms with Gasteiger partial charge in [0, 0.05) is 17.6 Å². The molecule has 0 saturated carbocycles. The molecule has 2 heteroatoms. The van der Waals surface area contributed by atoms with Gasteiger partial charge < -0.3 is 4.57 Å². The average molecular weight is 210 g/mol. The lowest BCUT2D eigenvalue weighted by Gasteiger charge is -2.16. The topological polar surface area (TPSA) is 17.1 Å². The van der Waals surface area contributed by atoms with Crippen LogP contribution in [0.2, 0.25) is 0 Å². The summed E-state index contributed by atoms with van der Waals surface area (Å²) in [6.45, 7) is 4.18. The predicted octanol–water partition coefficient (Wildman–Crippen LogP) is 3.50. The third-order valence-electron chi connectivity index (χ3n) is 2.61. The van der Waals surface area contributed by atoms with E-state index >= 15 is 0 Å². The average Bonchev–Trinajstić information content (AvgIpc) is 2.27. The highest BCUT2D eigenvalue weighted by atomic mass is 31.2. The predicted molar refractivity (Wildman–Crippen MR) is 64.0 cm³/mol. The van der Waals surface area contributed by atoms with Crippen molar-refractivity contribution < 1.29 is 4.57 Å². The van der Waals surface area contributed by atoms with Crippen LogP contribution in [0.1, 0.15) is 26.7 Å². The first kappa shape index (κ1) is 11.5. The van der Waals surface area contributed by atoms with Crippen LogP contribution in [0.4, 0.5) is 0 Å². The van der Waals surface area contributed by atoms with Gasteiger partial charge in [-0.25, -0.2) is 0 Å². The van der Waals surface area contributed by atoms with Crippen molar-refractivity contribution in [2.45, 2.75) is 26.7 Å². The van der Waals surface area contributed by atoms with E-state index in [2.05, 4.69) is 6.92 Å². The zero-order chi connectivity index (χ0) is 10.4. The van der Waals surface area contributed by atoms with E-state index in [0.29, 0.717) is 0 Å². The van der Waals surface area contributed by atoms with Gasteiger partial charge >= 0.3 is 0 Å². The number of rotatable bonds is 5. The van der Waals surface area contributed by atoms with E-state index in [1.807, 2.05) is 37.3 Å². The van der Waals surface area contributed by atoms with Crippen LogP contribution >= 0.6 is 7.14 Å². The Hall–Kier alpha value is -0.550. The molecular weight excluding hydrogens is 191 g/mol. The molecule has 78 valence electrons. The van der Waals surface area contributed by atoms with Gasteiger partial charge in [0.2, 0.25) is 0 Å². The van der Waals surface area contributed by atoms with Crippen LogP contribution in [-0.2, 0) is 4.57 Å². The summed E-state index contributed by atoms with van der Waals surface area (Å²) in [6.07, 6.45) is 3.85. The van der Waals surface area contributed by atoms with Gasteiger partial charge in [0.15, 0.2) is 0 Å². The quantitative estimate of drug-likeness (QED) is 0.680. The summed E-state index contributed by atoms with van der Waals surface area (Å²) in [6, 6.07) is 9.93. The largest absolute Gasteiger partial charge is 0.319 e. The van der Waals surface area contributed by atoms with Crippen molar-refractivity contribution in [2.24, 2.45) is 0 Å². The van der Waals surface area contributed by atoms with Crippen molar-refractivity contribution in [3.05, 3.63) is 30.3 Å². The van der Waals surface area contributed by atoms with Gasteiger partial charge in [-0.2, -0.15) is 0 Å². The second kappa shape index (κ2) is 5.36. The molecule has 0 N–H and O–H groups in total. The Morgan fingerprint density at radius 3 is 2.29 bits per heavy atom. The summed E-state index contributed by atoms with van der Waals surface area (Å²) in [5.74, 6) is 0. The van der Waals surface area contributed by atoms with Crippen molar-refractivity contribution in [1.29, 1.82) is 0 Å². The van der Waals surface area contributed by atoms with E-state index in [0.717, 1.165) is 30.5 Å². The molecule has 0 spiro atoms. The monoisotopic (exact) mass is 210 g/mol. The highest BCUT2D eigenvalue weighted by Gasteiger charge is 2.20. The van der Waals surface area contributed by atoms with Crippen LogP contribution < -0.4 is 5.30 Å². The Balaban J connectivity index is 2.85. The standard InChI is InChI=1S/C12H19OP/c1-3-5-11-14(13,4-2)12-9-7-6-8-10-12/h6-10H,3-5,11H2,1-2H3. The van der Waals surface area contributed by atoms with Crippen molar-refractivity contribution >= 4 is 12.4 Å². The van der Waals surface area contributed by atoms with E-state index in [-0.39, 0.29) is 0 Å². The number of hydrogen-bond acceptors (Lipinski definition) is 1. The van der Waals surface area contributed by atoms with Crippen LogP contribution in [-0.4, -0.2) is 12.3 Å². The lowest BCUT2D eigenvalue weighted by Crippen LogP contribution is -2.09. The van der Waals surface area contributed by atoms with Gasteiger partial charge in [-0.05, 0) is 6.42 Å². The number of hydrogen-bond donors (Lipinski definition) is 0. The van der Waals surface area contributed by atoms with Crippen LogP contribution in [0.3, 0.4) is 0 Å². The Morgan fingerprint density at radius 1 is 1.14 bits per heavy atom. The lowest BCUT2D eigenvalue weighted by molar-refractivity contribution is 0.579. The summed E-state index contributed by atoms with van der Waals surface area (Å²) in [5.41, 5.74) is 0. The van der Waals surface area contributed by atoms with Gasteiger partial charge in [-0.1, -0.05) is 50.6 Å². The zero-order valence-corrected chi connectivity index (χ0v) is 9.97. The fraction of sp³-hybridized carbons (Fsp3) is 0.500. The molecule has 0 aliphatic carbocycles. The smallest absolute Gasteiger partial charge is 0.115 e. The highest BCUT2D eigenvalue weighted by molar-refractivity contribution is 7.71. The van der Waals surface area contributed by atoms with E-state index in [9.17, 15) is 4.57 Å². The fourth-order valence-corrected chi connectivity index (χ4v) is 4.07. The molecule has 0 aromatic heterocycles. The molecular formula is C12H19OP. The molecule has 0 radical (unpaired) electrons. The van der Waals surface area contributed by atoms with Crippen molar-refractivity contribution in [2.75, 3.05) is 12.3 Å². The molecule has 0 aliphatic heterocycles. The summed E-state index contributed by atoms with van der Waals surface area (Å²) in [7, 11) is -2.07. The summed E-state index contributed by atoms with van der Waals surface area (Å²) in [4.78, 5) is 0. The van der Waals surface area contributed by atoms with Gasteiger partial charge in [-0.15, -0.1) is 0 Å². The van der Waals surface area contributed by atoms with Gasteiger partial charge in [-0.3, -0.25) is 0 Å². The molecule has 1 aromatic carbocycles. The van der Waals surface area contributed by atoms with E-state index in [4.69, 9.17) is 0 Å². The van der Waals surface area contributed by atoms with Gasteiger partial charge in [0.1, 0.15) is 7.14 Å². The first-order valence-electron chi connectivity index (χ1n) is 5.36. The molecule has 1 rings (SSSR count). The molecule has 0 saturated heterocycles. The van der Waals surface area contributed by atoms with Crippen molar-refractivity contribution in [3.63, 3.8) is 0 Å². The van der Waals surface area contributed by atoms with Crippen molar-refractivity contribution in [3.8, 4) is 0 Å². The fourth-order valence-electron chi connectivity index (χ4n) is 1.58. The van der Waals surface area contributed by atoms with E-state index in [1.165, 1.54) is 0 Å². The molecule has 0 heterocycles. The maximum atomic E-state index is 12.5. The molecule has 1 atom stereocenters. The minimum absolute atomic E-state index is 0.789. The second-order valence-corrected chi connectivity index (χ2v) is 6.99. The van der Waals surface area contributed by atoms with Crippen LogP contribution in [0.25, 0.3) is 0 Å². The van der Waals surface area contributed by atoms with Crippen LogP contribution in [0.15, 0.2) is 30.3 Å². The first-order chi connectivity index (χ1) is 6.73.